The fraction of sp³-hybridized carbons (Fsp3) is 0.200. The molecular weight excluding hydrogens is 194 g/mol. The van der Waals surface area contributed by atoms with Gasteiger partial charge in [-0.15, -0.1) is 0 Å². The van der Waals surface area contributed by atoms with Crippen molar-refractivity contribution in [2.24, 2.45) is 7.05 Å². The summed E-state index contributed by atoms with van der Waals surface area (Å²) in [6.45, 7) is 0. The minimum absolute atomic E-state index is 0.362. The van der Waals surface area contributed by atoms with Crippen LogP contribution < -0.4 is 5.73 Å². The van der Waals surface area contributed by atoms with Crippen LogP contribution in [0.2, 0.25) is 0 Å². The summed E-state index contributed by atoms with van der Waals surface area (Å²) < 4.78 is 6.37. The van der Waals surface area contributed by atoms with Gasteiger partial charge in [0.05, 0.1) is 18.3 Å². The minimum Gasteiger partial charge on any atom is -0.464 e. The summed E-state index contributed by atoms with van der Waals surface area (Å²) in [7, 11) is 3.10. The number of aromatic nitrogens is 2. The maximum absolute atomic E-state index is 11.5. The molecular formula is C10H11N3O2. The number of esters is 1. The molecule has 15 heavy (non-hydrogen) atoms. The topological polar surface area (TPSA) is 70.1 Å². The summed E-state index contributed by atoms with van der Waals surface area (Å²) in [4.78, 5) is 15.4. The number of carbonyl (C=O) groups is 1. The zero-order valence-corrected chi connectivity index (χ0v) is 8.52. The van der Waals surface area contributed by atoms with Gasteiger partial charge < -0.3 is 15.0 Å². The number of hydrogen-bond acceptors (Lipinski definition) is 4. The van der Waals surface area contributed by atoms with Gasteiger partial charge in [-0.2, -0.15) is 0 Å². The van der Waals surface area contributed by atoms with Crippen molar-refractivity contribution in [3.63, 3.8) is 0 Å². The lowest BCUT2D eigenvalue weighted by Gasteiger charge is -2.01. The van der Waals surface area contributed by atoms with E-state index in [1.54, 1.807) is 30.1 Å². The number of anilines is 1. The van der Waals surface area contributed by atoms with E-state index in [0.717, 1.165) is 10.9 Å². The molecule has 0 spiro atoms. The quantitative estimate of drug-likeness (QED) is 0.703. The number of hydrogen-bond donors (Lipinski definition) is 1. The Labute approximate surface area is 86.5 Å². The normalized spacial score (nSPS) is 10.5. The van der Waals surface area contributed by atoms with E-state index in [1.165, 1.54) is 7.11 Å². The van der Waals surface area contributed by atoms with E-state index in [4.69, 9.17) is 5.73 Å². The van der Waals surface area contributed by atoms with Gasteiger partial charge in [0.1, 0.15) is 0 Å². The third-order valence-electron chi connectivity index (χ3n) is 2.42. The van der Waals surface area contributed by atoms with E-state index >= 15 is 0 Å². The van der Waals surface area contributed by atoms with Gasteiger partial charge >= 0.3 is 5.97 Å². The Hall–Kier alpha value is -2.04. The number of nitrogens with zero attached hydrogens (tertiary/aromatic N) is 2. The highest BCUT2D eigenvalue weighted by Gasteiger charge is 2.19. The monoisotopic (exact) mass is 205 g/mol. The van der Waals surface area contributed by atoms with Crippen molar-refractivity contribution in [3.8, 4) is 0 Å². The lowest BCUT2D eigenvalue weighted by atomic mass is 10.3. The molecule has 0 saturated carbocycles. The van der Waals surface area contributed by atoms with Crippen molar-refractivity contribution in [2.75, 3.05) is 12.8 Å². The molecule has 0 atom stereocenters. The maximum Gasteiger partial charge on any atom is 0.356 e. The Balaban J connectivity index is 2.81. The van der Waals surface area contributed by atoms with Crippen LogP contribution in [0.4, 0.5) is 5.69 Å². The third-order valence-corrected chi connectivity index (χ3v) is 2.42. The standard InChI is InChI=1S/C10H11N3O2/c1-13-7-3-4-12-5-6(7)8(11)9(13)10(14)15-2/h3-5H,11H2,1-2H3. The second-order valence-electron chi connectivity index (χ2n) is 3.21. The van der Waals surface area contributed by atoms with Crippen molar-refractivity contribution in [3.05, 3.63) is 24.2 Å². The van der Waals surface area contributed by atoms with E-state index in [1.807, 2.05) is 0 Å². The highest BCUT2D eigenvalue weighted by Crippen LogP contribution is 2.26. The van der Waals surface area contributed by atoms with Crippen LogP contribution in [0.15, 0.2) is 18.5 Å². The van der Waals surface area contributed by atoms with Gasteiger partial charge in [-0.1, -0.05) is 0 Å². The summed E-state index contributed by atoms with van der Waals surface area (Å²) in [6.07, 6.45) is 3.29. The molecule has 5 heteroatoms. The van der Waals surface area contributed by atoms with Crippen molar-refractivity contribution in [2.45, 2.75) is 0 Å². The molecule has 5 nitrogen and oxygen atoms in total. The van der Waals surface area contributed by atoms with Gasteiger partial charge in [-0.25, -0.2) is 4.79 Å². The van der Waals surface area contributed by atoms with Crippen molar-refractivity contribution in [1.29, 1.82) is 0 Å². The number of carbonyl (C=O) groups excluding carboxylic acids is 1. The molecule has 2 heterocycles. The summed E-state index contributed by atoms with van der Waals surface area (Å²) in [5.74, 6) is -0.439. The van der Waals surface area contributed by atoms with Crippen LogP contribution in [-0.2, 0) is 11.8 Å². The summed E-state index contributed by atoms with van der Waals surface area (Å²) in [5.41, 5.74) is 7.49. The first-order valence-electron chi connectivity index (χ1n) is 4.43. The predicted molar refractivity (Wildman–Crippen MR) is 56.5 cm³/mol. The molecule has 2 aromatic rings. The Bertz CT molecular complexity index is 492. The van der Waals surface area contributed by atoms with Crippen LogP contribution in [0, 0.1) is 0 Å². The number of methoxy groups -OCH3 is 1. The Morgan fingerprint density at radius 1 is 1.60 bits per heavy atom. The highest BCUT2D eigenvalue weighted by atomic mass is 16.5. The van der Waals surface area contributed by atoms with E-state index in [-0.39, 0.29) is 0 Å². The van der Waals surface area contributed by atoms with Gasteiger partial charge in [-0.3, -0.25) is 4.98 Å². The number of ether oxygens (including phenoxy) is 1. The van der Waals surface area contributed by atoms with Crippen molar-refractivity contribution in [1.82, 2.24) is 9.55 Å². The smallest absolute Gasteiger partial charge is 0.356 e. The van der Waals surface area contributed by atoms with Crippen LogP contribution in [0.25, 0.3) is 10.9 Å². The van der Waals surface area contributed by atoms with E-state index in [9.17, 15) is 4.79 Å². The molecule has 0 aliphatic carbocycles. The third kappa shape index (κ3) is 1.24. The maximum atomic E-state index is 11.5. The van der Waals surface area contributed by atoms with E-state index in [0.29, 0.717) is 11.4 Å². The zero-order chi connectivity index (χ0) is 11.0. The molecule has 0 radical (unpaired) electrons. The van der Waals surface area contributed by atoms with E-state index < -0.39 is 5.97 Å². The molecule has 0 aliphatic rings. The van der Waals surface area contributed by atoms with Crippen LogP contribution in [0.3, 0.4) is 0 Å². The number of nitrogens with two attached hydrogens (primary N) is 1. The van der Waals surface area contributed by atoms with E-state index in [2.05, 4.69) is 9.72 Å². The molecule has 0 aromatic carbocycles. The summed E-state index contributed by atoms with van der Waals surface area (Å²) >= 11 is 0. The van der Waals surface area contributed by atoms with Gasteiger partial charge in [0.2, 0.25) is 0 Å². The van der Waals surface area contributed by atoms with Crippen LogP contribution in [-0.4, -0.2) is 22.6 Å². The number of pyridine rings is 1. The molecule has 2 aromatic heterocycles. The molecule has 0 bridgehead atoms. The Morgan fingerprint density at radius 2 is 2.33 bits per heavy atom. The number of nitrogen functional groups attached to an aromatic ring is 1. The van der Waals surface area contributed by atoms with Gasteiger partial charge in [0, 0.05) is 24.8 Å². The van der Waals surface area contributed by atoms with Gasteiger partial charge in [-0.05, 0) is 6.07 Å². The molecule has 0 unspecified atom stereocenters. The minimum atomic E-state index is -0.439. The molecule has 0 saturated heterocycles. The number of aryl methyl sites for hydroxylation is 1. The van der Waals surface area contributed by atoms with Crippen LogP contribution in [0.1, 0.15) is 10.5 Å². The largest absolute Gasteiger partial charge is 0.464 e. The zero-order valence-electron chi connectivity index (χ0n) is 8.52. The lowest BCUT2D eigenvalue weighted by Crippen LogP contribution is -2.09. The van der Waals surface area contributed by atoms with Gasteiger partial charge in [0.25, 0.3) is 0 Å². The van der Waals surface area contributed by atoms with Crippen molar-refractivity contribution < 1.29 is 9.53 Å². The molecule has 0 amide bonds. The fourth-order valence-electron chi connectivity index (χ4n) is 1.66. The van der Waals surface area contributed by atoms with Crippen molar-refractivity contribution >= 4 is 22.6 Å². The predicted octanol–water partition coefficient (Wildman–Crippen LogP) is 0.942. The molecule has 78 valence electrons. The molecule has 0 aliphatic heterocycles. The summed E-state index contributed by atoms with van der Waals surface area (Å²) in [5, 5.41) is 0.764. The van der Waals surface area contributed by atoms with Crippen LogP contribution in [0.5, 0.6) is 0 Å². The number of fused-ring (bicyclic) bond motifs is 1. The fourth-order valence-corrected chi connectivity index (χ4v) is 1.66. The highest BCUT2D eigenvalue weighted by molar-refractivity contribution is 6.05. The average Bonchev–Trinajstić information content (AvgIpc) is 2.52. The average molecular weight is 205 g/mol. The Kier molecular flexibility index (Phi) is 2.07. The first-order valence-corrected chi connectivity index (χ1v) is 4.43. The summed E-state index contributed by atoms with van der Waals surface area (Å²) in [6, 6.07) is 1.80. The second kappa shape index (κ2) is 3.27. The molecule has 2 N–H and O–H groups in total. The first-order chi connectivity index (χ1) is 7.16. The first kappa shape index (κ1) is 9.51. The lowest BCUT2D eigenvalue weighted by molar-refractivity contribution is 0.0592. The second-order valence-corrected chi connectivity index (χ2v) is 3.21. The molecule has 2 rings (SSSR count). The van der Waals surface area contributed by atoms with Gasteiger partial charge in [0.15, 0.2) is 5.69 Å². The SMILES string of the molecule is COC(=O)c1c(N)c2cnccc2n1C. The number of rotatable bonds is 1. The molecule has 0 fully saturated rings. The Morgan fingerprint density at radius 3 is 2.93 bits per heavy atom. The van der Waals surface area contributed by atoms with Crippen LogP contribution >= 0.6 is 0 Å².